The van der Waals surface area contributed by atoms with Crippen LogP contribution in [0.5, 0.6) is 0 Å². The maximum absolute atomic E-state index is 12.8. The highest BCUT2D eigenvalue weighted by Gasteiger charge is 2.70. The molecule has 2 aliphatic carbocycles. The van der Waals surface area contributed by atoms with Crippen LogP contribution >= 0.6 is 0 Å². The summed E-state index contributed by atoms with van der Waals surface area (Å²) in [5.74, 6) is -2.72. The van der Waals surface area contributed by atoms with Gasteiger partial charge in [0, 0.05) is 0 Å². The van der Waals surface area contributed by atoms with E-state index in [1.54, 1.807) is 0 Å². The van der Waals surface area contributed by atoms with Gasteiger partial charge >= 0.3 is 22.3 Å². The molecule has 2 saturated carbocycles. The predicted octanol–water partition coefficient (Wildman–Crippen LogP) is 0.779. The van der Waals surface area contributed by atoms with Crippen LogP contribution in [0.1, 0.15) is 25.7 Å². The van der Waals surface area contributed by atoms with E-state index in [-0.39, 0.29) is 25.7 Å². The first-order valence-electron chi connectivity index (χ1n) is 5.98. The lowest BCUT2D eigenvalue weighted by Crippen LogP contribution is -2.42. The van der Waals surface area contributed by atoms with E-state index >= 15 is 0 Å². The third-order valence-electron chi connectivity index (χ3n) is 3.82. The highest BCUT2D eigenvalue weighted by molar-refractivity contribution is 7.94. The zero-order chi connectivity index (χ0) is 16.3. The number of hydrogen-bond donors (Lipinski definition) is 0. The molecule has 0 amide bonds. The number of sulfone groups is 1. The SMILES string of the molecule is CS(=O)(=O)OC(=O)C1(S(=O)(=O)CC2(C(F)(F)F)CC2)CC1. The van der Waals surface area contributed by atoms with Gasteiger partial charge in [0.1, 0.15) is 0 Å². The molecule has 0 N–H and O–H groups in total. The van der Waals surface area contributed by atoms with Gasteiger partial charge < -0.3 is 4.18 Å². The highest BCUT2D eigenvalue weighted by Crippen LogP contribution is 2.60. The highest BCUT2D eigenvalue weighted by atomic mass is 32.2. The normalized spacial score (nSPS) is 23.4. The lowest BCUT2D eigenvalue weighted by Gasteiger charge is -2.22. The number of carbonyl (C=O) groups excluding carboxylic acids is 1. The Kier molecular flexibility index (Phi) is 3.42. The Balaban J connectivity index is 2.23. The van der Waals surface area contributed by atoms with Gasteiger partial charge in [-0.25, -0.2) is 13.2 Å². The summed E-state index contributed by atoms with van der Waals surface area (Å²) in [5.41, 5.74) is -2.31. The second-order valence-corrected chi connectivity index (χ2v) is 9.48. The van der Waals surface area contributed by atoms with E-state index in [0.29, 0.717) is 6.26 Å². The molecule has 0 bridgehead atoms. The number of rotatable bonds is 5. The lowest BCUT2D eigenvalue weighted by molar-refractivity contribution is -0.180. The van der Waals surface area contributed by atoms with Crippen molar-refractivity contribution in [2.45, 2.75) is 36.6 Å². The quantitative estimate of drug-likeness (QED) is 0.680. The van der Waals surface area contributed by atoms with Gasteiger partial charge in [-0.15, -0.1) is 0 Å². The molecule has 0 radical (unpaired) electrons. The monoisotopic (exact) mass is 350 g/mol. The van der Waals surface area contributed by atoms with Gasteiger partial charge in [-0.2, -0.15) is 21.6 Å². The molecular formula is C10H13F3O6S2. The van der Waals surface area contributed by atoms with Crippen molar-refractivity contribution in [3.8, 4) is 0 Å². The molecule has 0 unspecified atom stereocenters. The molecule has 2 fully saturated rings. The Bertz CT molecular complexity index is 668. The van der Waals surface area contributed by atoms with E-state index in [1.165, 1.54) is 0 Å². The van der Waals surface area contributed by atoms with Crippen molar-refractivity contribution in [3.05, 3.63) is 0 Å². The molecule has 0 spiro atoms. The summed E-state index contributed by atoms with van der Waals surface area (Å²) < 4.78 is 86.5. The van der Waals surface area contributed by atoms with Crippen LogP contribution in [0.3, 0.4) is 0 Å². The molecule has 0 aromatic carbocycles. The molecule has 0 saturated heterocycles. The molecule has 122 valence electrons. The van der Waals surface area contributed by atoms with Gasteiger partial charge in [0.25, 0.3) is 0 Å². The van der Waals surface area contributed by atoms with Crippen molar-refractivity contribution in [3.63, 3.8) is 0 Å². The van der Waals surface area contributed by atoms with E-state index in [9.17, 15) is 34.8 Å². The molecule has 0 aromatic rings. The van der Waals surface area contributed by atoms with Crippen LogP contribution in [-0.4, -0.2) is 45.7 Å². The average Bonchev–Trinajstić information content (AvgIpc) is 3.07. The molecule has 6 nitrogen and oxygen atoms in total. The van der Waals surface area contributed by atoms with Crippen molar-refractivity contribution in [2.24, 2.45) is 5.41 Å². The number of halogens is 3. The first-order valence-corrected chi connectivity index (χ1v) is 9.45. The second-order valence-electron chi connectivity index (χ2n) is 5.61. The summed E-state index contributed by atoms with van der Waals surface area (Å²) in [6.45, 7) is 0. The zero-order valence-electron chi connectivity index (χ0n) is 10.9. The van der Waals surface area contributed by atoms with Gasteiger partial charge in [0.05, 0.1) is 17.4 Å². The minimum Gasteiger partial charge on any atom is -0.344 e. The zero-order valence-corrected chi connectivity index (χ0v) is 12.6. The summed E-state index contributed by atoms with van der Waals surface area (Å²) in [4.78, 5) is 11.7. The lowest BCUT2D eigenvalue weighted by atomic mass is 10.1. The molecule has 0 aliphatic heterocycles. The summed E-state index contributed by atoms with van der Waals surface area (Å²) in [5, 5.41) is 0. The summed E-state index contributed by atoms with van der Waals surface area (Å²) in [7, 11) is -8.68. The summed E-state index contributed by atoms with van der Waals surface area (Å²) >= 11 is 0. The van der Waals surface area contributed by atoms with Crippen LogP contribution < -0.4 is 0 Å². The fourth-order valence-electron chi connectivity index (χ4n) is 2.13. The van der Waals surface area contributed by atoms with Crippen LogP contribution in [0.2, 0.25) is 0 Å². The number of hydrogen-bond acceptors (Lipinski definition) is 6. The second kappa shape index (κ2) is 4.34. The minimum atomic E-state index is -4.67. The van der Waals surface area contributed by atoms with E-state index in [1.807, 2.05) is 0 Å². The van der Waals surface area contributed by atoms with Crippen molar-refractivity contribution in [1.29, 1.82) is 0 Å². The van der Waals surface area contributed by atoms with E-state index < -0.39 is 48.0 Å². The smallest absolute Gasteiger partial charge is 0.344 e. The third kappa shape index (κ3) is 2.89. The molecule has 2 aliphatic rings. The summed E-state index contributed by atoms with van der Waals surface area (Å²) in [6.07, 6.45) is -5.18. The fraction of sp³-hybridized carbons (Fsp3) is 0.900. The van der Waals surface area contributed by atoms with Crippen LogP contribution in [0.4, 0.5) is 13.2 Å². The third-order valence-corrected chi connectivity index (χ3v) is 6.97. The largest absolute Gasteiger partial charge is 0.395 e. The number of alkyl halides is 3. The maximum atomic E-state index is 12.8. The van der Waals surface area contributed by atoms with Gasteiger partial charge in [-0.1, -0.05) is 0 Å². The Hall–Kier alpha value is -0.840. The Morgan fingerprint density at radius 2 is 1.57 bits per heavy atom. The van der Waals surface area contributed by atoms with Crippen molar-refractivity contribution in [2.75, 3.05) is 12.0 Å². The first-order chi connectivity index (χ1) is 9.25. The van der Waals surface area contributed by atoms with E-state index in [2.05, 4.69) is 4.18 Å². The van der Waals surface area contributed by atoms with Crippen LogP contribution in [0, 0.1) is 5.41 Å². The average molecular weight is 350 g/mol. The van der Waals surface area contributed by atoms with E-state index in [0.717, 1.165) is 0 Å². The van der Waals surface area contributed by atoms with Crippen molar-refractivity contribution >= 4 is 25.9 Å². The molecule has 0 atom stereocenters. The molecule has 2 rings (SSSR count). The van der Waals surface area contributed by atoms with Gasteiger partial charge in [0.15, 0.2) is 14.6 Å². The minimum absolute atomic E-state index is 0.225. The van der Waals surface area contributed by atoms with Gasteiger partial charge in [-0.3, -0.25) is 0 Å². The molecule has 21 heavy (non-hydrogen) atoms. The predicted molar refractivity (Wildman–Crippen MR) is 64.4 cm³/mol. The number of carbonyl (C=O) groups is 1. The van der Waals surface area contributed by atoms with Crippen LogP contribution in [0.25, 0.3) is 0 Å². The topological polar surface area (TPSA) is 94.6 Å². The Morgan fingerprint density at radius 1 is 1.10 bits per heavy atom. The van der Waals surface area contributed by atoms with Crippen LogP contribution in [0.15, 0.2) is 0 Å². The molecule has 0 aromatic heterocycles. The maximum Gasteiger partial charge on any atom is 0.395 e. The van der Waals surface area contributed by atoms with Crippen LogP contribution in [-0.2, 0) is 28.9 Å². The standard InChI is InChI=1S/C10H13F3O6S2/c1-20(15,16)19-7(14)9(4-5-9)21(17,18)6-8(2-3-8)10(11,12)13/h2-6H2,1H3. The Morgan fingerprint density at radius 3 is 1.86 bits per heavy atom. The molecule has 11 heteroatoms. The Labute approximate surface area is 119 Å². The summed E-state index contributed by atoms with van der Waals surface area (Å²) in [6, 6.07) is 0. The molecule has 0 heterocycles. The molecular weight excluding hydrogens is 337 g/mol. The van der Waals surface area contributed by atoms with Gasteiger partial charge in [0.2, 0.25) is 0 Å². The fourth-order valence-corrected chi connectivity index (χ4v) is 5.09. The van der Waals surface area contributed by atoms with Crippen molar-refractivity contribution in [1.82, 2.24) is 0 Å². The van der Waals surface area contributed by atoms with Crippen molar-refractivity contribution < 1.29 is 39.0 Å². The van der Waals surface area contributed by atoms with E-state index in [4.69, 9.17) is 0 Å². The van der Waals surface area contributed by atoms with Gasteiger partial charge in [-0.05, 0) is 25.7 Å². The first kappa shape index (κ1) is 16.5.